The fraction of sp³-hybridized carbons (Fsp3) is 0.895. The van der Waals surface area contributed by atoms with Crippen molar-refractivity contribution in [2.24, 2.45) is 52.3 Å². The van der Waals surface area contributed by atoms with Crippen LogP contribution in [0.1, 0.15) is 118 Å². The Labute approximate surface area is 297 Å². The first-order valence-corrected chi connectivity index (χ1v) is 19.2. The number of carbonyl (C=O) groups excluding carboxylic acids is 2. The van der Waals surface area contributed by atoms with Crippen LogP contribution in [0.5, 0.6) is 0 Å². The lowest BCUT2D eigenvalue weighted by molar-refractivity contribution is -0.222. The largest absolute Gasteiger partial charge is 0.481 e. The molecule has 4 saturated carbocycles. The summed E-state index contributed by atoms with van der Waals surface area (Å²) in [6, 6.07) is -1.17. The molecule has 11 unspecified atom stereocenters. The summed E-state index contributed by atoms with van der Waals surface area (Å²) < 4.78 is 12.9. The van der Waals surface area contributed by atoms with Crippen molar-refractivity contribution in [1.82, 2.24) is 10.8 Å². The monoisotopic (exact) mass is 706 g/mol. The predicted molar refractivity (Wildman–Crippen MR) is 183 cm³/mol. The SMILES string of the molecule is CC(CCC1(O)OC2CC3C4CCC5CC(OCN[C@@H](C=O)CCC(=O)O)CCC5(C)C4CCC3(C)C2[C@@H]1C)CON[C@@H](C=O)CCC(=O)O. The molecule has 1 saturated heterocycles. The van der Waals surface area contributed by atoms with E-state index in [4.69, 9.17) is 24.5 Å². The molecule has 0 radical (unpaired) electrons. The highest BCUT2D eigenvalue weighted by molar-refractivity contribution is 5.68. The van der Waals surface area contributed by atoms with Crippen LogP contribution in [0.4, 0.5) is 0 Å². The van der Waals surface area contributed by atoms with E-state index in [9.17, 15) is 24.3 Å². The number of aldehydes is 2. The Kier molecular flexibility index (Phi) is 12.9. The molecule has 284 valence electrons. The minimum absolute atomic E-state index is 0.0248. The molecule has 0 amide bonds. The van der Waals surface area contributed by atoms with E-state index in [1.54, 1.807) is 0 Å². The molecule has 12 nitrogen and oxygen atoms in total. The quantitative estimate of drug-likeness (QED) is 0.0710. The summed E-state index contributed by atoms with van der Waals surface area (Å²) in [5.41, 5.74) is 3.10. The highest BCUT2D eigenvalue weighted by atomic mass is 16.6. The van der Waals surface area contributed by atoms with Crippen LogP contribution < -0.4 is 10.8 Å². The Bertz CT molecular complexity index is 1200. The van der Waals surface area contributed by atoms with Crippen LogP contribution in [0.2, 0.25) is 0 Å². The molecule has 5 fully saturated rings. The van der Waals surface area contributed by atoms with Crippen molar-refractivity contribution in [3.63, 3.8) is 0 Å². The van der Waals surface area contributed by atoms with E-state index in [0.717, 1.165) is 38.4 Å². The van der Waals surface area contributed by atoms with E-state index in [1.165, 1.54) is 19.3 Å². The molecule has 5 N–H and O–H groups in total. The van der Waals surface area contributed by atoms with Crippen molar-refractivity contribution in [3.05, 3.63) is 0 Å². The van der Waals surface area contributed by atoms with Crippen LogP contribution in [-0.4, -0.2) is 83.2 Å². The molecule has 12 heteroatoms. The minimum atomic E-state index is -1.17. The number of hydrogen-bond donors (Lipinski definition) is 5. The zero-order valence-electron chi connectivity index (χ0n) is 30.5. The van der Waals surface area contributed by atoms with Gasteiger partial charge in [-0.15, -0.1) is 0 Å². The van der Waals surface area contributed by atoms with Crippen LogP contribution in [0, 0.1) is 52.3 Å². The molecule has 5 aliphatic rings. The number of aliphatic hydroxyl groups is 1. The molecule has 4 aliphatic carbocycles. The first-order chi connectivity index (χ1) is 23.7. The van der Waals surface area contributed by atoms with Crippen LogP contribution in [0.25, 0.3) is 0 Å². The summed E-state index contributed by atoms with van der Waals surface area (Å²) in [4.78, 5) is 49.8. The van der Waals surface area contributed by atoms with E-state index in [0.29, 0.717) is 55.3 Å². The lowest BCUT2D eigenvalue weighted by Crippen LogP contribution is -2.55. The summed E-state index contributed by atoms with van der Waals surface area (Å²) in [6.45, 7) is 9.84. The molecule has 1 heterocycles. The maximum atomic E-state index is 11.9. The minimum Gasteiger partial charge on any atom is -0.481 e. The fourth-order valence-electron chi connectivity index (χ4n) is 11.4. The van der Waals surface area contributed by atoms with Gasteiger partial charge in [0, 0.05) is 25.2 Å². The summed E-state index contributed by atoms with van der Waals surface area (Å²) in [6.07, 6.45) is 12.1. The molecule has 0 bridgehead atoms. The first kappa shape index (κ1) is 39.3. The number of rotatable bonds is 19. The predicted octanol–water partition coefficient (Wildman–Crippen LogP) is 4.71. The number of carboxylic acid groups (broad SMARTS) is 2. The lowest BCUT2D eigenvalue weighted by Gasteiger charge is -2.61. The van der Waals surface area contributed by atoms with Crippen molar-refractivity contribution < 1.29 is 48.8 Å². The zero-order valence-corrected chi connectivity index (χ0v) is 30.5. The van der Waals surface area contributed by atoms with E-state index >= 15 is 0 Å². The molecule has 50 heavy (non-hydrogen) atoms. The molecule has 14 atom stereocenters. The number of hydrogen-bond acceptors (Lipinski definition) is 10. The van der Waals surface area contributed by atoms with E-state index < -0.39 is 29.8 Å². The summed E-state index contributed by atoms with van der Waals surface area (Å²) in [5.74, 6) is -0.0272. The highest BCUT2D eigenvalue weighted by Gasteiger charge is 2.68. The number of carboxylic acids is 2. The van der Waals surface area contributed by atoms with Gasteiger partial charge in [0.1, 0.15) is 12.6 Å². The van der Waals surface area contributed by atoms with E-state index in [-0.39, 0.29) is 67.3 Å². The summed E-state index contributed by atoms with van der Waals surface area (Å²) in [5, 5.41) is 32.7. The van der Waals surface area contributed by atoms with Crippen molar-refractivity contribution in [1.29, 1.82) is 0 Å². The highest BCUT2D eigenvalue weighted by Crippen LogP contribution is 2.71. The third-order valence-electron chi connectivity index (χ3n) is 14.2. The maximum absolute atomic E-state index is 11.9. The standard InChI is InChI=1S/C38H62N2O10/c1-23(21-49-40-27(20-42)7-10-34(45)46)11-16-38(47)24(2)35-32(50-38)18-31-29-8-5-25-17-28(48-22-39-26(19-41)6-9-33(43)44)12-14-36(25,3)30(29)13-15-37(31,35)4/h19-20,23-32,35,39-40,47H,5-18,21-22H2,1-4H3,(H,43,44)(H,45,46)/t23?,24-,25?,26+,27+,28?,29?,30?,31?,32?,35?,36?,37?,38?/m0/s1. The maximum Gasteiger partial charge on any atom is 0.303 e. The van der Waals surface area contributed by atoms with Crippen molar-refractivity contribution in [2.45, 2.75) is 148 Å². The van der Waals surface area contributed by atoms with Gasteiger partial charge < -0.3 is 39.2 Å². The Hall–Kier alpha value is -1.96. The molecule has 0 aromatic carbocycles. The molecular formula is C38H62N2O10. The van der Waals surface area contributed by atoms with Crippen LogP contribution >= 0.6 is 0 Å². The van der Waals surface area contributed by atoms with Crippen molar-refractivity contribution in [3.8, 4) is 0 Å². The zero-order chi connectivity index (χ0) is 36.3. The van der Waals surface area contributed by atoms with Gasteiger partial charge in [0.2, 0.25) is 0 Å². The first-order valence-electron chi connectivity index (χ1n) is 19.2. The third-order valence-corrected chi connectivity index (χ3v) is 14.2. The van der Waals surface area contributed by atoms with Gasteiger partial charge in [-0.1, -0.05) is 27.7 Å². The van der Waals surface area contributed by atoms with E-state index in [1.807, 2.05) is 6.92 Å². The number of hydroxylamine groups is 1. The molecule has 0 spiro atoms. The Morgan fingerprint density at radius 3 is 2.28 bits per heavy atom. The fourth-order valence-corrected chi connectivity index (χ4v) is 11.4. The molecule has 0 aromatic heterocycles. The topological polar surface area (TPSA) is 181 Å². The van der Waals surface area contributed by atoms with E-state index in [2.05, 4.69) is 31.6 Å². The van der Waals surface area contributed by atoms with Gasteiger partial charge >= 0.3 is 11.9 Å². The number of fused-ring (bicyclic) bond motifs is 7. The smallest absolute Gasteiger partial charge is 0.303 e. The molecular weight excluding hydrogens is 644 g/mol. The van der Waals surface area contributed by atoms with Gasteiger partial charge in [0.25, 0.3) is 0 Å². The van der Waals surface area contributed by atoms with Gasteiger partial charge in [-0.25, -0.2) is 0 Å². The van der Waals surface area contributed by atoms with Crippen molar-refractivity contribution in [2.75, 3.05) is 13.3 Å². The number of ether oxygens (including phenoxy) is 2. The Morgan fingerprint density at radius 1 is 0.920 bits per heavy atom. The average Bonchev–Trinajstić information content (AvgIpc) is 3.51. The molecule has 0 aromatic rings. The molecule has 5 rings (SSSR count). The molecule has 1 aliphatic heterocycles. The normalized spacial score (nSPS) is 40.8. The van der Waals surface area contributed by atoms with Crippen LogP contribution in [0.15, 0.2) is 0 Å². The summed E-state index contributed by atoms with van der Waals surface area (Å²) >= 11 is 0. The number of aliphatic carboxylic acids is 2. The second-order valence-electron chi connectivity index (χ2n) is 17.1. The van der Waals surface area contributed by atoms with Crippen LogP contribution in [0.3, 0.4) is 0 Å². The Balaban J connectivity index is 1.11. The van der Waals surface area contributed by atoms with Gasteiger partial charge in [-0.2, -0.15) is 5.48 Å². The van der Waals surface area contributed by atoms with Gasteiger partial charge in [0.15, 0.2) is 5.79 Å². The van der Waals surface area contributed by atoms with Gasteiger partial charge in [0.05, 0.1) is 37.6 Å². The third kappa shape index (κ3) is 8.31. The Morgan fingerprint density at radius 2 is 1.60 bits per heavy atom. The number of carbonyl (C=O) groups is 4. The number of nitrogens with one attached hydrogen (secondary N) is 2. The average molecular weight is 707 g/mol. The lowest BCUT2D eigenvalue weighted by atomic mass is 9.44. The second kappa shape index (κ2) is 16.4. The second-order valence-corrected chi connectivity index (χ2v) is 17.1. The van der Waals surface area contributed by atoms with Gasteiger partial charge in [-0.3, -0.25) is 14.9 Å². The summed E-state index contributed by atoms with van der Waals surface area (Å²) in [7, 11) is 0. The van der Waals surface area contributed by atoms with Crippen LogP contribution in [-0.2, 0) is 33.5 Å². The van der Waals surface area contributed by atoms with Crippen molar-refractivity contribution >= 4 is 24.5 Å². The van der Waals surface area contributed by atoms with Gasteiger partial charge in [-0.05, 0) is 117 Å².